The van der Waals surface area contributed by atoms with Gasteiger partial charge in [0.2, 0.25) is 5.79 Å². The molecule has 0 amide bonds. The van der Waals surface area contributed by atoms with Crippen LogP contribution < -0.4 is 0 Å². The van der Waals surface area contributed by atoms with Crippen molar-refractivity contribution in [2.24, 2.45) is 23.2 Å². The Bertz CT molecular complexity index is 979. The van der Waals surface area contributed by atoms with Gasteiger partial charge in [-0.05, 0) is 62.4 Å². The van der Waals surface area contributed by atoms with Crippen LogP contribution in [0.25, 0.3) is 0 Å². The Balaban J connectivity index is 1.19. The van der Waals surface area contributed by atoms with Gasteiger partial charge < -0.3 is 38.6 Å². The maximum absolute atomic E-state index is 13.5. The number of hydrogen-bond acceptors (Lipinski definition) is 9. The molecule has 2 N–H and O–H groups in total. The summed E-state index contributed by atoms with van der Waals surface area (Å²) in [4.78, 5) is 13.5. The van der Waals surface area contributed by atoms with Gasteiger partial charge >= 0.3 is 5.97 Å². The highest BCUT2D eigenvalue weighted by atomic mass is 16.7. The van der Waals surface area contributed by atoms with Crippen molar-refractivity contribution >= 4 is 5.97 Å². The third-order valence-corrected chi connectivity index (χ3v) is 10.1. The van der Waals surface area contributed by atoms with E-state index in [1.807, 2.05) is 13.2 Å². The highest BCUT2D eigenvalue weighted by molar-refractivity contribution is 5.74. The zero-order valence-electron chi connectivity index (χ0n) is 22.1. The number of carbonyl (C=O) groups is 1. The first kappa shape index (κ1) is 25.8. The number of aliphatic hydroxyl groups is 2. The fourth-order valence-electron chi connectivity index (χ4n) is 7.89. The van der Waals surface area contributed by atoms with Crippen LogP contribution in [0.2, 0.25) is 0 Å². The minimum atomic E-state index is -1.07. The van der Waals surface area contributed by atoms with E-state index < -0.39 is 36.5 Å². The van der Waals surface area contributed by atoms with Crippen LogP contribution >= 0.6 is 0 Å². The normalized spacial score (nSPS) is 51.2. The molecule has 1 saturated carbocycles. The van der Waals surface area contributed by atoms with Gasteiger partial charge in [-0.2, -0.15) is 0 Å². The van der Waals surface area contributed by atoms with E-state index in [-0.39, 0.29) is 41.3 Å². The van der Waals surface area contributed by atoms with Crippen molar-refractivity contribution in [1.82, 2.24) is 0 Å². The Labute approximate surface area is 218 Å². The Morgan fingerprint density at radius 2 is 1.97 bits per heavy atom. The third kappa shape index (κ3) is 4.08. The number of carbonyl (C=O) groups excluding carboxylic acids is 1. The summed E-state index contributed by atoms with van der Waals surface area (Å²) in [6.45, 7) is 6.35. The summed E-state index contributed by atoms with van der Waals surface area (Å²) in [5, 5.41) is 21.0. The second-order valence-corrected chi connectivity index (χ2v) is 12.1. The number of allylic oxidation sites excluding steroid dienone is 1. The molecule has 3 saturated heterocycles. The summed E-state index contributed by atoms with van der Waals surface area (Å²) in [6.07, 6.45) is 4.30. The molecule has 4 heterocycles. The van der Waals surface area contributed by atoms with E-state index in [9.17, 15) is 15.0 Å². The van der Waals surface area contributed by atoms with Gasteiger partial charge in [0.15, 0.2) is 6.29 Å². The minimum absolute atomic E-state index is 0.0419. The summed E-state index contributed by atoms with van der Waals surface area (Å²) < 4.78 is 35.3. The predicted molar refractivity (Wildman–Crippen MR) is 130 cm³/mol. The number of hydrogen-bond donors (Lipinski definition) is 2. The molecule has 4 aliphatic heterocycles. The largest absolute Gasteiger partial charge is 0.469 e. The maximum Gasteiger partial charge on any atom is 0.309 e. The Hall–Kier alpha value is -1.49. The monoisotopic (exact) mass is 520 g/mol. The molecular weight excluding hydrogens is 480 g/mol. The van der Waals surface area contributed by atoms with Gasteiger partial charge in [-0.1, -0.05) is 18.6 Å². The lowest BCUT2D eigenvalue weighted by Crippen LogP contribution is -2.59. The summed E-state index contributed by atoms with van der Waals surface area (Å²) in [5.41, 5.74) is 2.36. The number of aliphatic hydroxyl groups excluding tert-OH is 2. The van der Waals surface area contributed by atoms with Gasteiger partial charge in [0.25, 0.3) is 0 Å². The van der Waals surface area contributed by atoms with E-state index in [0.29, 0.717) is 13.0 Å². The van der Waals surface area contributed by atoms with Gasteiger partial charge in [0.1, 0.15) is 24.4 Å². The van der Waals surface area contributed by atoms with Crippen LogP contribution in [0.3, 0.4) is 0 Å². The molecule has 4 fully saturated rings. The molecule has 0 radical (unpaired) electrons. The number of methoxy groups -OCH3 is 1. The van der Waals surface area contributed by atoms with Gasteiger partial charge in [-0.25, -0.2) is 0 Å². The molecule has 6 aliphatic rings. The first-order chi connectivity index (χ1) is 17.6. The van der Waals surface area contributed by atoms with Crippen LogP contribution in [0.5, 0.6) is 0 Å². The van der Waals surface area contributed by atoms with E-state index in [1.54, 1.807) is 6.92 Å². The number of esters is 1. The van der Waals surface area contributed by atoms with Crippen molar-refractivity contribution < 1.29 is 43.4 Å². The van der Waals surface area contributed by atoms with Crippen molar-refractivity contribution in [1.29, 1.82) is 0 Å². The molecule has 0 spiro atoms. The van der Waals surface area contributed by atoms with E-state index in [0.717, 1.165) is 32.1 Å². The van der Waals surface area contributed by atoms with Gasteiger partial charge in [-0.15, -0.1) is 0 Å². The van der Waals surface area contributed by atoms with Crippen LogP contribution in [0.4, 0.5) is 0 Å². The fourth-order valence-corrected chi connectivity index (χ4v) is 7.89. The smallest absolute Gasteiger partial charge is 0.309 e. The maximum atomic E-state index is 13.5. The Morgan fingerprint density at radius 3 is 2.76 bits per heavy atom. The first-order valence-electron chi connectivity index (χ1n) is 13.7. The van der Waals surface area contributed by atoms with Crippen molar-refractivity contribution in [2.45, 2.75) is 108 Å². The third-order valence-electron chi connectivity index (χ3n) is 10.1. The lowest BCUT2D eigenvalue weighted by Gasteiger charge is -2.51. The van der Waals surface area contributed by atoms with Crippen LogP contribution in [-0.2, 0) is 33.2 Å². The lowest BCUT2D eigenvalue weighted by molar-refractivity contribution is -0.309. The van der Waals surface area contributed by atoms with E-state index in [4.69, 9.17) is 28.4 Å². The van der Waals surface area contributed by atoms with E-state index >= 15 is 0 Å². The summed E-state index contributed by atoms with van der Waals surface area (Å²) in [6, 6.07) is 0. The molecule has 0 aromatic heterocycles. The predicted octanol–water partition coefficient (Wildman–Crippen LogP) is 2.59. The number of fused-ring (bicyclic) bond motifs is 3. The number of ether oxygens (including phenoxy) is 6. The van der Waals surface area contributed by atoms with Crippen molar-refractivity contribution in [3.05, 3.63) is 23.5 Å². The molecule has 2 aliphatic carbocycles. The first-order valence-corrected chi connectivity index (χ1v) is 13.7. The van der Waals surface area contributed by atoms with Crippen LogP contribution in [0.1, 0.15) is 59.3 Å². The minimum Gasteiger partial charge on any atom is -0.469 e. The molecule has 9 heteroatoms. The zero-order chi connectivity index (χ0) is 26.1. The molecule has 9 nitrogen and oxygen atoms in total. The van der Waals surface area contributed by atoms with Gasteiger partial charge in [0.05, 0.1) is 36.9 Å². The molecule has 0 unspecified atom stereocenters. The Kier molecular flexibility index (Phi) is 6.49. The van der Waals surface area contributed by atoms with Crippen molar-refractivity contribution in [3.63, 3.8) is 0 Å². The molecule has 6 rings (SSSR count). The molecule has 37 heavy (non-hydrogen) atoms. The Morgan fingerprint density at radius 1 is 1.16 bits per heavy atom. The average molecular weight is 521 g/mol. The second kappa shape index (κ2) is 9.31. The average Bonchev–Trinajstić information content (AvgIpc) is 3.38. The fraction of sp³-hybridized carbons (Fsp3) is 0.821. The molecule has 12 atom stereocenters. The van der Waals surface area contributed by atoms with Crippen LogP contribution in [0.15, 0.2) is 23.5 Å². The number of rotatable bonds is 3. The molecule has 0 bridgehead atoms. The summed E-state index contributed by atoms with van der Waals surface area (Å²) in [7, 11) is 1.47. The van der Waals surface area contributed by atoms with Crippen LogP contribution in [0, 0.1) is 23.2 Å². The second-order valence-electron chi connectivity index (χ2n) is 12.1. The molecule has 0 aromatic rings. The molecule has 206 valence electrons. The molecular formula is C28H40O9. The van der Waals surface area contributed by atoms with Gasteiger partial charge in [-0.3, -0.25) is 4.79 Å². The topological polar surface area (TPSA) is 113 Å². The van der Waals surface area contributed by atoms with Crippen molar-refractivity contribution in [2.75, 3.05) is 13.7 Å². The lowest BCUT2D eigenvalue weighted by atomic mass is 9.55. The van der Waals surface area contributed by atoms with Crippen molar-refractivity contribution in [3.8, 4) is 0 Å². The van der Waals surface area contributed by atoms with Gasteiger partial charge in [0, 0.05) is 14.0 Å². The SMILES string of the molecule is CO[C@@H]1[C@@H](O)[C@H](O[C@H]2CC[C@@]3(C)C(=CC[C@H]4C(=O)O[C@@H]5CO[C@]6(C)OC=C(CC[C@@H]43)[C@H]56)C2)O[C@H](C)[C@H]1O. The van der Waals surface area contributed by atoms with E-state index in [2.05, 4.69) is 13.0 Å². The van der Waals surface area contributed by atoms with Crippen LogP contribution in [-0.4, -0.2) is 78.6 Å². The summed E-state index contributed by atoms with van der Waals surface area (Å²) in [5.74, 6) is -0.910. The molecule has 0 aromatic carbocycles. The summed E-state index contributed by atoms with van der Waals surface area (Å²) >= 11 is 0. The van der Waals surface area contributed by atoms with E-state index in [1.165, 1.54) is 18.3 Å². The quantitative estimate of drug-likeness (QED) is 0.428. The zero-order valence-corrected chi connectivity index (χ0v) is 22.1. The standard InChI is InChI=1S/C28H40O9/c1-14-22(29)24(32-4)23(30)26(35-14)36-17-9-10-27(2)16(11-17)6-7-18-19(27)8-5-15-12-33-28(3)21(15)20(13-34-28)37-25(18)31/h6,12,14,17-24,26,29-30H,5,7-11,13H2,1-4H3/t14-,17+,18-,19+,20-,21-,22-,23-,24+,26+,27+,28+/m1/s1. The highest BCUT2D eigenvalue weighted by Crippen LogP contribution is 2.57. The highest BCUT2D eigenvalue weighted by Gasteiger charge is 2.58.